The first-order valence-corrected chi connectivity index (χ1v) is 5.01. The maximum Gasteiger partial charge on any atom is 0.425 e. The van der Waals surface area contributed by atoms with Gasteiger partial charge < -0.3 is 14.6 Å². The number of hydrogen-bond acceptors (Lipinski definition) is 3. The lowest BCUT2D eigenvalue weighted by atomic mass is 9.98. The number of benzene rings is 1. The van der Waals surface area contributed by atoms with E-state index in [0.717, 1.165) is 0 Å². The van der Waals surface area contributed by atoms with Crippen LogP contribution >= 0.6 is 0 Å². The number of fused-ring (bicyclic) bond motifs is 1. The first-order chi connectivity index (χ1) is 7.91. The molecule has 6 heteroatoms. The standard InChI is InChI=1S/C11H11F3O3/c1-16-6-2-3-9-7(4-6)8(15)5-10(17-9)11(12,13)14/h2-4,8,10,15H,5H2,1H3. The molecule has 0 aromatic heterocycles. The summed E-state index contributed by atoms with van der Waals surface area (Å²) in [5.74, 6) is 0.517. The van der Waals surface area contributed by atoms with Gasteiger partial charge in [0.1, 0.15) is 11.5 Å². The summed E-state index contributed by atoms with van der Waals surface area (Å²) < 4.78 is 47.2. The van der Waals surface area contributed by atoms with Crippen LogP contribution in [-0.4, -0.2) is 24.5 Å². The molecule has 0 spiro atoms. The van der Waals surface area contributed by atoms with Crippen LogP contribution in [-0.2, 0) is 0 Å². The first-order valence-electron chi connectivity index (χ1n) is 5.01. The third-order valence-electron chi connectivity index (χ3n) is 2.65. The molecule has 1 aliphatic heterocycles. The monoisotopic (exact) mass is 248 g/mol. The highest BCUT2D eigenvalue weighted by atomic mass is 19.4. The molecule has 2 atom stereocenters. The number of ether oxygens (including phenoxy) is 2. The topological polar surface area (TPSA) is 38.7 Å². The van der Waals surface area contributed by atoms with Crippen molar-refractivity contribution in [1.82, 2.24) is 0 Å². The number of aliphatic hydroxyl groups excluding tert-OH is 1. The fourth-order valence-electron chi connectivity index (χ4n) is 1.75. The van der Waals surface area contributed by atoms with E-state index in [9.17, 15) is 18.3 Å². The highest BCUT2D eigenvalue weighted by molar-refractivity contribution is 5.43. The van der Waals surface area contributed by atoms with E-state index in [2.05, 4.69) is 0 Å². The molecule has 0 amide bonds. The Labute approximate surface area is 95.8 Å². The van der Waals surface area contributed by atoms with Crippen molar-refractivity contribution in [3.05, 3.63) is 23.8 Å². The van der Waals surface area contributed by atoms with E-state index >= 15 is 0 Å². The minimum absolute atomic E-state index is 0.0480. The molecule has 0 saturated carbocycles. The molecule has 2 unspecified atom stereocenters. The minimum Gasteiger partial charge on any atom is -0.497 e. The molecule has 3 nitrogen and oxygen atoms in total. The Morgan fingerprint density at radius 1 is 1.41 bits per heavy atom. The molecule has 1 N–H and O–H groups in total. The molecule has 1 aromatic carbocycles. The number of rotatable bonds is 1. The molecule has 0 saturated heterocycles. The van der Waals surface area contributed by atoms with Crippen LogP contribution < -0.4 is 9.47 Å². The summed E-state index contributed by atoms with van der Waals surface area (Å²) >= 11 is 0. The van der Waals surface area contributed by atoms with Crippen LogP contribution in [0.15, 0.2) is 18.2 Å². The SMILES string of the molecule is COc1ccc2c(c1)C(O)CC(C(F)(F)F)O2. The summed E-state index contributed by atoms with van der Waals surface area (Å²) in [7, 11) is 1.44. The Balaban J connectivity index is 2.32. The molecule has 1 aliphatic rings. The summed E-state index contributed by atoms with van der Waals surface area (Å²) in [6, 6.07) is 4.34. The molecule has 17 heavy (non-hydrogen) atoms. The third kappa shape index (κ3) is 2.31. The summed E-state index contributed by atoms with van der Waals surface area (Å²) in [4.78, 5) is 0. The third-order valence-corrected chi connectivity index (χ3v) is 2.65. The largest absolute Gasteiger partial charge is 0.497 e. The van der Waals surface area contributed by atoms with E-state index in [4.69, 9.17) is 9.47 Å². The second kappa shape index (κ2) is 4.10. The predicted molar refractivity (Wildman–Crippen MR) is 53.0 cm³/mol. The van der Waals surface area contributed by atoms with Gasteiger partial charge in [0.15, 0.2) is 6.10 Å². The van der Waals surface area contributed by atoms with Crippen LogP contribution in [0, 0.1) is 0 Å². The van der Waals surface area contributed by atoms with Crippen LogP contribution in [0.2, 0.25) is 0 Å². The summed E-state index contributed by atoms with van der Waals surface area (Å²) in [6.45, 7) is 0. The normalized spacial score (nSPS) is 23.8. The van der Waals surface area contributed by atoms with Crippen molar-refractivity contribution >= 4 is 0 Å². The van der Waals surface area contributed by atoms with E-state index in [-0.39, 0.29) is 5.75 Å². The van der Waals surface area contributed by atoms with Crippen molar-refractivity contribution < 1.29 is 27.8 Å². The maximum atomic E-state index is 12.5. The van der Waals surface area contributed by atoms with Crippen molar-refractivity contribution in [2.24, 2.45) is 0 Å². The van der Waals surface area contributed by atoms with Crippen molar-refractivity contribution in [3.63, 3.8) is 0 Å². The molecule has 1 heterocycles. The molecular formula is C11H11F3O3. The Hall–Kier alpha value is -1.43. The molecule has 0 fully saturated rings. The predicted octanol–water partition coefficient (Wildman–Crippen LogP) is 2.44. The lowest BCUT2D eigenvalue weighted by molar-refractivity contribution is -0.207. The number of hydrogen-bond donors (Lipinski definition) is 1. The van der Waals surface area contributed by atoms with Gasteiger partial charge in [0, 0.05) is 12.0 Å². The summed E-state index contributed by atoms with van der Waals surface area (Å²) in [5, 5.41) is 9.68. The van der Waals surface area contributed by atoms with Crippen LogP contribution in [0.5, 0.6) is 11.5 Å². The highest BCUT2D eigenvalue weighted by Crippen LogP contribution is 2.41. The van der Waals surface area contributed by atoms with Crippen molar-refractivity contribution in [1.29, 1.82) is 0 Å². The Morgan fingerprint density at radius 2 is 2.12 bits per heavy atom. The van der Waals surface area contributed by atoms with E-state index in [0.29, 0.717) is 11.3 Å². The molecule has 0 bridgehead atoms. The zero-order valence-corrected chi connectivity index (χ0v) is 8.99. The van der Waals surface area contributed by atoms with Gasteiger partial charge in [-0.05, 0) is 18.2 Å². The van der Waals surface area contributed by atoms with Crippen molar-refractivity contribution in [3.8, 4) is 11.5 Å². The van der Waals surface area contributed by atoms with Gasteiger partial charge in [-0.3, -0.25) is 0 Å². The number of alkyl halides is 3. The molecule has 0 radical (unpaired) electrons. The van der Waals surface area contributed by atoms with Gasteiger partial charge >= 0.3 is 6.18 Å². The second-order valence-corrected chi connectivity index (χ2v) is 3.80. The second-order valence-electron chi connectivity index (χ2n) is 3.80. The number of halogens is 3. The van der Waals surface area contributed by atoms with Gasteiger partial charge in [-0.2, -0.15) is 13.2 Å². The van der Waals surface area contributed by atoms with Crippen LogP contribution in [0.25, 0.3) is 0 Å². The van der Waals surface area contributed by atoms with E-state index in [1.165, 1.54) is 25.3 Å². The maximum absolute atomic E-state index is 12.5. The Morgan fingerprint density at radius 3 is 2.71 bits per heavy atom. The van der Waals surface area contributed by atoms with E-state index in [1.807, 2.05) is 0 Å². The quantitative estimate of drug-likeness (QED) is 0.829. The van der Waals surface area contributed by atoms with Crippen LogP contribution in [0.3, 0.4) is 0 Å². The average Bonchev–Trinajstić information content (AvgIpc) is 2.27. The van der Waals surface area contributed by atoms with E-state index < -0.39 is 24.8 Å². The highest BCUT2D eigenvalue weighted by Gasteiger charge is 2.45. The smallest absolute Gasteiger partial charge is 0.425 e. The van der Waals surface area contributed by atoms with Crippen LogP contribution in [0.1, 0.15) is 18.1 Å². The average molecular weight is 248 g/mol. The van der Waals surface area contributed by atoms with Gasteiger partial charge in [0.25, 0.3) is 0 Å². The van der Waals surface area contributed by atoms with Gasteiger partial charge in [-0.25, -0.2) is 0 Å². The first kappa shape index (κ1) is 12.0. The van der Waals surface area contributed by atoms with Gasteiger partial charge in [-0.1, -0.05) is 0 Å². The van der Waals surface area contributed by atoms with Crippen molar-refractivity contribution in [2.75, 3.05) is 7.11 Å². The molecule has 0 aliphatic carbocycles. The lowest BCUT2D eigenvalue weighted by Crippen LogP contribution is -2.38. The van der Waals surface area contributed by atoms with Gasteiger partial charge in [0.2, 0.25) is 0 Å². The zero-order chi connectivity index (χ0) is 12.6. The lowest BCUT2D eigenvalue weighted by Gasteiger charge is -2.30. The number of aliphatic hydroxyl groups is 1. The fourth-order valence-corrected chi connectivity index (χ4v) is 1.75. The molecule has 94 valence electrons. The van der Waals surface area contributed by atoms with Gasteiger partial charge in [0.05, 0.1) is 13.2 Å². The van der Waals surface area contributed by atoms with Gasteiger partial charge in [-0.15, -0.1) is 0 Å². The molecule has 2 rings (SSSR count). The van der Waals surface area contributed by atoms with Crippen LogP contribution in [0.4, 0.5) is 13.2 Å². The molecular weight excluding hydrogens is 237 g/mol. The summed E-state index contributed by atoms with van der Waals surface area (Å²) in [5.41, 5.74) is 0.324. The van der Waals surface area contributed by atoms with E-state index in [1.54, 1.807) is 0 Å². The summed E-state index contributed by atoms with van der Waals surface area (Å²) in [6.07, 6.45) is -8.12. The Bertz CT molecular complexity index is 417. The Kier molecular flexibility index (Phi) is 2.91. The number of methoxy groups -OCH3 is 1. The zero-order valence-electron chi connectivity index (χ0n) is 8.99. The fraction of sp³-hybridized carbons (Fsp3) is 0.455. The van der Waals surface area contributed by atoms with Crippen molar-refractivity contribution in [2.45, 2.75) is 24.8 Å². The molecule has 1 aromatic rings. The minimum atomic E-state index is -4.47.